The zero-order chi connectivity index (χ0) is 10.8. The zero-order valence-corrected chi connectivity index (χ0v) is 9.41. The van der Waals surface area contributed by atoms with Gasteiger partial charge in [-0.15, -0.1) is 10.2 Å². The van der Waals surface area contributed by atoms with Gasteiger partial charge < -0.3 is 5.73 Å². The number of aromatic nitrogens is 3. The Kier molecular flexibility index (Phi) is 1.40. The van der Waals surface area contributed by atoms with Gasteiger partial charge in [-0.2, -0.15) is 0 Å². The van der Waals surface area contributed by atoms with Gasteiger partial charge in [0.25, 0.3) is 0 Å². The molecule has 4 nitrogen and oxygen atoms in total. The fraction of sp³-hybridized carbons (Fsp3) is 0.727. The molecule has 80 valence electrons. The van der Waals surface area contributed by atoms with E-state index < -0.39 is 0 Å². The quantitative estimate of drug-likeness (QED) is 0.697. The van der Waals surface area contributed by atoms with Crippen molar-refractivity contribution in [3.05, 3.63) is 11.4 Å². The first kappa shape index (κ1) is 9.07. The highest BCUT2D eigenvalue weighted by atomic mass is 15.2. The number of nitrogens with zero attached hydrogens (tertiary/aromatic N) is 3. The lowest BCUT2D eigenvalue weighted by atomic mass is 9.70. The lowest BCUT2D eigenvalue weighted by molar-refractivity contribution is 0.227. The summed E-state index contributed by atoms with van der Waals surface area (Å²) < 4.78 is 0. The van der Waals surface area contributed by atoms with Gasteiger partial charge in [-0.1, -0.05) is 20.8 Å². The minimum absolute atomic E-state index is 0.136. The summed E-state index contributed by atoms with van der Waals surface area (Å²) in [6, 6.07) is 0. The van der Waals surface area contributed by atoms with E-state index in [2.05, 4.69) is 36.0 Å². The molecule has 0 saturated heterocycles. The SMILES string of the molecule is CC1(C)[C@H]2CC[C@@]1(C)c1nc(N)nnc12. The predicted octanol–water partition coefficient (Wildman–Crippen LogP) is 1.63. The van der Waals surface area contributed by atoms with Gasteiger partial charge in [0.05, 0.1) is 11.4 Å². The third kappa shape index (κ3) is 0.817. The van der Waals surface area contributed by atoms with Crippen LogP contribution in [0.4, 0.5) is 5.95 Å². The number of nitrogen functional groups attached to an aromatic ring is 1. The highest BCUT2D eigenvalue weighted by Gasteiger charge is 2.61. The van der Waals surface area contributed by atoms with Crippen LogP contribution in [-0.4, -0.2) is 15.2 Å². The molecule has 1 aromatic rings. The van der Waals surface area contributed by atoms with Crippen LogP contribution in [0.25, 0.3) is 0 Å². The van der Waals surface area contributed by atoms with Crippen LogP contribution in [0.3, 0.4) is 0 Å². The van der Waals surface area contributed by atoms with Gasteiger partial charge in [0.15, 0.2) is 0 Å². The van der Waals surface area contributed by atoms with Gasteiger partial charge in [0.2, 0.25) is 5.95 Å². The Labute approximate surface area is 89.3 Å². The van der Waals surface area contributed by atoms with Gasteiger partial charge in [-0.05, 0) is 18.3 Å². The second kappa shape index (κ2) is 2.31. The van der Waals surface area contributed by atoms with E-state index in [0.717, 1.165) is 11.4 Å². The van der Waals surface area contributed by atoms with Crippen molar-refractivity contribution >= 4 is 5.95 Å². The van der Waals surface area contributed by atoms with Crippen molar-refractivity contribution in [2.24, 2.45) is 5.41 Å². The van der Waals surface area contributed by atoms with Crippen molar-refractivity contribution in [3.63, 3.8) is 0 Å². The van der Waals surface area contributed by atoms with Crippen molar-refractivity contribution in [3.8, 4) is 0 Å². The van der Waals surface area contributed by atoms with E-state index in [1.54, 1.807) is 0 Å². The van der Waals surface area contributed by atoms with Gasteiger partial charge in [0.1, 0.15) is 0 Å². The van der Waals surface area contributed by atoms with Crippen molar-refractivity contribution in [1.29, 1.82) is 0 Å². The summed E-state index contributed by atoms with van der Waals surface area (Å²) >= 11 is 0. The minimum Gasteiger partial charge on any atom is -0.366 e. The number of anilines is 1. The maximum atomic E-state index is 5.63. The molecule has 2 atom stereocenters. The number of rotatable bonds is 0. The Hall–Kier alpha value is -1.19. The van der Waals surface area contributed by atoms with Crippen LogP contribution in [0.1, 0.15) is 50.9 Å². The molecule has 2 aliphatic carbocycles. The monoisotopic (exact) mass is 204 g/mol. The van der Waals surface area contributed by atoms with Crippen LogP contribution in [0, 0.1) is 5.41 Å². The highest BCUT2D eigenvalue weighted by Crippen LogP contribution is 2.66. The average molecular weight is 204 g/mol. The lowest BCUT2D eigenvalue weighted by Gasteiger charge is -2.33. The molecule has 2 bridgehead atoms. The van der Waals surface area contributed by atoms with Crippen LogP contribution in [0.5, 0.6) is 0 Å². The van der Waals surface area contributed by atoms with Crippen molar-refractivity contribution < 1.29 is 0 Å². The van der Waals surface area contributed by atoms with E-state index in [1.807, 2.05) is 0 Å². The minimum atomic E-state index is 0.136. The van der Waals surface area contributed by atoms with Crippen LogP contribution < -0.4 is 5.73 Å². The molecule has 0 unspecified atom stereocenters. The largest absolute Gasteiger partial charge is 0.366 e. The molecular formula is C11H16N4. The summed E-state index contributed by atoms with van der Waals surface area (Å²) in [7, 11) is 0. The Balaban J connectivity index is 2.29. The molecule has 0 aliphatic heterocycles. The first-order valence-electron chi connectivity index (χ1n) is 5.47. The molecule has 15 heavy (non-hydrogen) atoms. The fourth-order valence-corrected chi connectivity index (χ4v) is 3.39. The first-order chi connectivity index (χ1) is 6.97. The molecule has 4 heteroatoms. The smallest absolute Gasteiger partial charge is 0.240 e. The molecule has 1 heterocycles. The summed E-state index contributed by atoms with van der Waals surface area (Å²) in [5, 5.41) is 8.13. The van der Waals surface area contributed by atoms with Crippen molar-refractivity contribution in [1.82, 2.24) is 15.2 Å². The molecule has 3 rings (SSSR count). The molecule has 2 aliphatic rings. The van der Waals surface area contributed by atoms with E-state index in [4.69, 9.17) is 5.73 Å². The van der Waals surface area contributed by atoms with E-state index in [0.29, 0.717) is 11.9 Å². The maximum absolute atomic E-state index is 5.63. The molecule has 1 fully saturated rings. The Morgan fingerprint density at radius 1 is 1.27 bits per heavy atom. The average Bonchev–Trinajstić information content (AvgIpc) is 2.48. The van der Waals surface area contributed by atoms with Crippen molar-refractivity contribution in [2.75, 3.05) is 5.73 Å². The number of hydrogen-bond donors (Lipinski definition) is 1. The normalized spacial score (nSPS) is 35.5. The lowest BCUT2D eigenvalue weighted by Crippen LogP contribution is -2.32. The number of hydrogen-bond acceptors (Lipinski definition) is 4. The molecule has 2 N–H and O–H groups in total. The third-order valence-corrected chi connectivity index (χ3v) is 4.81. The van der Waals surface area contributed by atoms with Gasteiger partial charge in [-0.3, -0.25) is 0 Å². The summed E-state index contributed by atoms with van der Waals surface area (Å²) in [5.41, 5.74) is 8.18. The summed E-state index contributed by atoms with van der Waals surface area (Å²) in [4.78, 5) is 4.41. The van der Waals surface area contributed by atoms with Crippen LogP contribution in [-0.2, 0) is 5.41 Å². The molecule has 1 aromatic heterocycles. The summed E-state index contributed by atoms with van der Waals surface area (Å²) in [5.74, 6) is 0.816. The molecule has 0 radical (unpaired) electrons. The van der Waals surface area contributed by atoms with Gasteiger partial charge in [-0.25, -0.2) is 4.98 Å². The van der Waals surface area contributed by atoms with E-state index in [1.165, 1.54) is 12.8 Å². The van der Waals surface area contributed by atoms with Crippen LogP contribution in [0.2, 0.25) is 0 Å². The number of nitrogens with two attached hydrogens (primary N) is 1. The van der Waals surface area contributed by atoms with Crippen molar-refractivity contribution in [2.45, 2.75) is 44.9 Å². The van der Waals surface area contributed by atoms with E-state index in [-0.39, 0.29) is 10.8 Å². The maximum Gasteiger partial charge on any atom is 0.240 e. The molecule has 1 saturated carbocycles. The Morgan fingerprint density at radius 2 is 2.00 bits per heavy atom. The second-order valence-corrected chi connectivity index (χ2v) is 5.55. The zero-order valence-electron chi connectivity index (χ0n) is 9.41. The highest BCUT2D eigenvalue weighted by molar-refractivity contribution is 5.42. The Bertz CT molecular complexity index is 440. The van der Waals surface area contributed by atoms with Gasteiger partial charge in [0, 0.05) is 11.3 Å². The molecule has 0 aromatic carbocycles. The fourth-order valence-electron chi connectivity index (χ4n) is 3.39. The van der Waals surface area contributed by atoms with E-state index >= 15 is 0 Å². The molecule has 0 amide bonds. The Morgan fingerprint density at radius 3 is 2.73 bits per heavy atom. The molecule has 0 spiro atoms. The van der Waals surface area contributed by atoms with Gasteiger partial charge >= 0.3 is 0 Å². The topological polar surface area (TPSA) is 64.7 Å². The first-order valence-corrected chi connectivity index (χ1v) is 5.47. The number of fused-ring (bicyclic) bond motifs is 5. The molecular weight excluding hydrogens is 188 g/mol. The standard InChI is InChI=1S/C11H16N4/c1-10(2)6-4-5-11(10,3)8-7(6)14-15-9(12)13-8/h6H,4-5H2,1-3H3,(H2,12,13,15)/t6-,11-/m0/s1. The summed E-state index contributed by atoms with van der Waals surface area (Å²) in [6.45, 7) is 6.90. The van der Waals surface area contributed by atoms with Crippen LogP contribution >= 0.6 is 0 Å². The summed E-state index contributed by atoms with van der Waals surface area (Å²) in [6.07, 6.45) is 2.40. The third-order valence-electron chi connectivity index (χ3n) is 4.81. The van der Waals surface area contributed by atoms with Crippen LogP contribution in [0.15, 0.2) is 0 Å². The van der Waals surface area contributed by atoms with E-state index in [9.17, 15) is 0 Å². The second-order valence-electron chi connectivity index (χ2n) is 5.55. The predicted molar refractivity (Wildman–Crippen MR) is 57.3 cm³/mol.